The number of benzene rings is 2. The lowest BCUT2D eigenvalue weighted by atomic mass is 9.94. The molecule has 2 rings (SSSR count). The van der Waals surface area contributed by atoms with Gasteiger partial charge in [0, 0.05) is 19.1 Å². The first-order valence-corrected chi connectivity index (χ1v) is 9.43. The maximum absolute atomic E-state index is 12.4. The first kappa shape index (κ1) is 26.4. The van der Waals surface area contributed by atoms with Crippen molar-refractivity contribution in [2.75, 3.05) is 13.1 Å². The fourth-order valence-electron chi connectivity index (χ4n) is 2.95. The number of carbonyl (C=O) groups is 1. The molecule has 0 bridgehead atoms. The Morgan fingerprint density at radius 2 is 1.50 bits per heavy atom. The molecule has 2 aromatic rings. The predicted octanol–water partition coefficient (Wildman–Crippen LogP) is 4.32. The second-order valence-corrected chi connectivity index (χ2v) is 6.72. The second kappa shape index (κ2) is 13.6. The number of halogens is 2. The van der Waals surface area contributed by atoms with Gasteiger partial charge in [-0.1, -0.05) is 75.4 Å². The molecule has 0 aliphatic rings. The van der Waals surface area contributed by atoms with Crippen molar-refractivity contribution in [3.05, 3.63) is 71.3 Å². The topological polar surface area (TPSA) is 58.4 Å². The minimum absolute atomic E-state index is 0. The van der Waals surface area contributed by atoms with E-state index < -0.39 is 0 Å². The smallest absolute Gasteiger partial charge is 0.225 e. The Bertz CT molecular complexity index is 676. The van der Waals surface area contributed by atoms with Crippen molar-refractivity contribution < 1.29 is 4.79 Å². The Hall–Kier alpha value is -1.59. The molecule has 3 N–H and O–H groups in total. The van der Waals surface area contributed by atoms with E-state index in [0.717, 1.165) is 30.8 Å². The van der Waals surface area contributed by atoms with Gasteiger partial charge in [0.25, 0.3) is 0 Å². The molecular formula is C22H33Cl2N3O. The molecule has 0 aliphatic heterocycles. The highest BCUT2D eigenvalue weighted by molar-refractivity contribution is 5.85. The van der Waals surface area contributed by atoms with Crippen LogP contribution in [0, 0.1) is 5.92 Å². The monoisotopic (exact) mass is 425 g/mol. The number of amides is 1. The first-order chi connectivity index (χ1) is 12.5. The summed E-state index contributed by atoms with van der Waals surface area (Å²) in [6.45, 7) is 9.81. The molecule has 0 saturated heterocycles. The van der Waals surface area contributed by atoms with Crippen LogP contribution in [-0.2, 0) is 17.9 Å². The Morgan fingerprint density at radius 1 is 0.964 bits per heavy atom. The van der Waals surface area contributed by atoms with Gasteiger partial charge in [-0.2, -0.15) is 0 Å². The molecule has 0 spiro atoms. The van der Waals surface area contributed by atoms with Crippen LogP contribution in [0.15, 0.2) is 54.6 Å². The Labute approximate surface area is 181 Å². The summed E-state index contributed by atoms with van der Waals surface area (Å²) >= 11 is 0. The number of rotatable bonds is 9. The van der Waals surface area contributed by atoms with Crippen LogP contribution in [0.3, 0.4) is 0 Å². The van der Waals surface area contributed by atoms with E-state index in [1.54, 1.807) is 0 Å². The van der Waals surface area contributed by atoms with E-state index in [1.165, 1.54) is 5.56 Å². The van der Waals surface area contributed by atoms with Gasteiger partial charge in [0.05, 0.1) is 5.92 Å². The zero-order valence-electron chi connectivity index (χ0n) is 16.9. The lowest BCUT2D eigenvalue weighted by Gasteiger charge is -2.20. The molecule has 6 heteroatoms. The normalized spacial score (nSPS) is 12.5. The summed E-state index contributed by atoms with van der Waals surface area (Å²) in [6, 6.07) is 17.9. The maximum atomic E-state index is 12.4. The van der Waals surface area contributed by atoms with E-state index >= 15 is 0 Å². The maximum Gasteiger partial charge on any atom is 0.225 e. The Morgan fingerprint density at radius 3 is 2.04 bits per heavy atom. The lowest BCUT2D eigenvalue weighted by molar-refractivity contribution is -0.125. The van der Waals surface area contributed by atoms with Gasteiger partial charge in [-0.3, -0.25) is 9.69 Å². The van der Waals surface area contributed by atoms with Gasteiger partial charge in [0.2, 0.25) is 5.91 Å². The van der Waals surface area contributed by atoms with Crippen LogP contribution < -0.4 is 11.1 Å². The molecule has 0 saturated carbocycles. The summed E-state index contributed by atoms with van der Waals surface area (Å²) in [5.41, 5.74) is 9.61. The summed E-state index contributed by atoms with van der Waals surface area (Å²) in [4.78, 5) is 14.8. The third-order valence-electron chi connectivity index (χ3n) is 4.93. The minimum atomic E-state index is -0.298. The molecule has 2 unspecified atom stereocenters. The average molecular weight is 426 g/mol. The van der Waals surface area contributed by atoms with Crippen molar-refractivity contribution >= 4 is 30.7 Å². The Balaban J connectivity index is 0.00000364. The van der Waals surface area contributed by atoms with Gasteiger partial charge >= 0.3 is 0 Å². The van der Waals surface area contributed by atoms with Crippen molar-refractivity contribution in [1.82, 2.24) is 10.2 Å². The van der Waals surface area contributed by atoms with E-state index in [2.05, 4.69) is 48.3 Å². The summed E-state index contributed by atoms with van der Waals surface area (Å²) in [7, 11) is 0. The highest BCUT2D eigenvalue weighted by atomic mass is 35.5. The summed E-state index contributed by atoms with van der Waals surface area (Å²) in [5, 5.41) is 3.00. The van der Waals surface area contributed by atoms with Gasteiger partial charge < -0.3 is 11.1 Å². The molecule has 2 aromatic carbocycles. The highest BCUT2D eigenvalue weighted by Gasteiger charge is 2.21. The zero-order chi connectivity index (χ0) is 18.9. The Kier molecular flexibility index (Phi) is 12.8. The number of nitrogens with two attached hydrogens (primary N) is 1. The van der Waals surface area contributed by atoms with Crippen molar-refractivity contribution in [3.63, 3.8) is 0 Å². The summed E-state index contributed by atoms with van der Waals surface area (Å²) in [6.07, 6.45) is 0. The third-order valence-corrected chi connectivity index (χ3v) is 4.93. The standard InChI is InChI=1S/C22H31N3O.2ClH/c1-4-25(5-2)16-19-13-11-18(12-14-19)15-24-22(26)17(3)21(23)20-9-7-6-8-10-20;;/h6-14,17,21H,4-5,15-16,23H2,1-3H3,(H,24,26);2*1H. The number of carbonyl (C=O) groups excluding carboxylic acids is 1. The highest BCUT2D eigenvalue weighted by Crippen LogP contribution is 2.19. The van der Waals surface area contributed by atoms with Crippen LogP contribution in [0.25, 0.3) is 0 Å². The van der Waals surface area contributed by atoms with Crippen molar-refractivity contribution in [2.24, 2.45) is 11.7 Å². The van der Waals surface area contributed by atoms with Crippen molar-refractivity contribution in [3.8, 4) is 0 Å². The summed E-state index contributed by atoms with van der Waals surface area (Å²) in [5.74, 6) is -0.298. The molecule has 28 heavy (non-hydrogen) atoms. The van der Waals surface area contributed by atoms with E-state index in [9.17, 15) is 4.79 Å². The first-order valence-electron chi connectivity index (χ1n) is 9.43. The molecule has 0 aromatic heterocycles. The minimum Gasteiger partial charge on any atom is -0.352 e. The van der Waals surface area contributed by atoms with Crippen LogP contribution in [0.5, 0.6) is 0 Å². The van der Waals surface area contributed by atoms with Crippen LogP contribution in [0.1, 0.15) is 43.5 Å². The average Bonchev–Trinajstić information content (AvgIpc) is 2.70. The molecule has 0 radical (unpaired) electrons. The van der Waals surface area contributed by atoms with Gasteiger partial charge in [0.15, 0.2) is 0 Å². The van der Waals surface area contributed by atoms with Crippen LogP contribution in [0.4, 0.5) is 0 Å². The van der Waals surface area contributed by atoms with Gasteiger partial charge in [-0.25, -0.2) is 0 Å². The quantitative estimate of drug-likeness (QED) is 0.628. The largest absolute Gasteiger partial charge is 0.352 e. The fraction of sp³-hybridized carbons (Fsp3) is 0.409. The number of hydrogen-bond donors (Lipinski definition) is 2. The van der Waals surface area contributed by atoms with Gasteiger partial charge in [-0.15, -0.1) is 24.8 Å². The second-order valence-electron chi connectivity index (χ2n) is 6.72. The van der Waals surface area contributed by atoms with Crippen LogP contribution >= 0.6 is 24.8 Å². The van der Waals surface area contributed by atoms with Crippen LogP contribution in [0.2, 0.25) is 0 Å². The van der Waals surface area contributed by atoms with Gasteiger partial charge in [-0.05, 0) is 29.8 Å². The third kappa shape index (κ3) is 7.80. The molecule has 0 aliphatic carbocycles. The summed E-state index contributed by atoms with van der Waals surface area (Å²) < 4.78 is 0. The van der Waals surface area contributed by atoms with E-state index in [1.807, 2.05) is 37.3 Å². The molecular weight excluding hydrogens is 393 g/mol. The fourth-order valence-corrected chi connectivity index (χ4v) is 2.95. The number of nitrogens with zero attached hydrogens (tertiary/aromatic N) is 1. The SMILES string of the molecule is CCN(CC)Cc1ccc(CNC(=O)C(C)C(N)c2ccccc2)cc1.Cl.Cl. The van der Waals surface area contributed by atoms with Crippen molar-refractivity contribution in [1.29, 1.82) is 0 Å². The number of nitrogens with one attached hydrogen (secondary N) is 1. The molecule has 0 fully saturated rings. The molecule has 4 nitrogen and oxygen atoms in total. The van der Waals surface area contributed by atoms with Crippen LogP contribution in [-0.4, -0.2) is 23.9 Å². The predicted molar refractivity (Wildman–Crippen MR) is 122 cm³/mol. The zero-order valence-corrected chi connectivity index (χ0v) is 18.6. The van der Waals surface area contributed by atoms with Gasteiger partial charge in [0.1, 0.15) is 0 Å². The van der Waals surface area contributed by atoms with E-state index in [-0.39, 0.29) is 42.7 Å². The van der Waals surface area contributed by atoms with E-state index in [0.29, 0.717) is 6.54 Å². The van der Waals surface area contributed by atoms with Crippen molar-refractivity contribution in [2.45, 2.75) is 39.9 Å². The van der Waals surface area contributed by atoms with E-state index in [4.69, 9.17) is 5.73 Å². The molecule has 156 valence electrons. The number of hydrogen-bond acceptors (Lipinski definition) is 3. The molecule has 0 heterocycles. The molecule has 1 amide bonds. The molecule has 2 atom stereocenters. The lowest BCUT2D eigenvalue weighted by Crippen LogP contribution is -2.35.